The number of ether oxygens (including phenoxy) is 2. The Bertz CT molecular complexity index is 1160. The number of hydrogen-bond donors (Lipinski definition) is 1. The van der Waals surface area contributed by atoms with Gasteiger partial charge in [-0.3, -0.25) is 9.59 Å². The molecule has 3 rings (SSSR count). The summed E-state index contributed by atoms with van der Waals surface area (Å²) in [5, 5.41) is 7.36. The number of ketones is 1. The van der Waals surface area contributed by atoms with E-state index in [4.69, 9.17) is 9.47 Å². The predicted octanol–water partition coefficient (Wildman–Crippen LogP) is 4.98. The number of nitrogens with zero attached hydrogens (tertiary/aromatic N) is 1. The third-order valence-corrected chi connectivity index (χ3v) is 5.68. The standard InChI is InChI=1S/C24H24N2O4S/c1-15(2)24(18-14-31-22-8-6-5-7-17(18)22)26-25-23(28)12-10-19(27)16-9-11-20(29-3)21(13-16)30-4/h5-9,11,13-14H,1,10,12H2,2-4H3,(H,25,28)/b26-24+. The molecule has 1 heterocycles. The zero-order chi connectivity index (χ0) is 22.4. The number of hydrazone groups is 1. The lowest BCUT2D eigenvalue weighted by Crippen LogP contribution is -2.21. The normalized spacial score (nSPS) is 11.3. The number of methoxy groups -OCH3 is 2. The van der Waals surface area contributed by atoms with E-state index < -0.39 is 0 Å². The molecule has 0 saturated heterocycles. The second-order valence-electron chi connectivity index (χ2n) is 6.91. The molecule has 31 heavy (non-hydrogen) atoms. The molecule has 3 aromatic rings. The number of rotatable bonds is 9. The van der Waals surface area contributed by atoms with E-state index in [0.29, 0.717) is 22.8 Å². The molecular weight excluding hydrogens is 412 g/mol. The molecule has 0 spiro atoms. The van der Waals surface area contributed by atoms with Crippen molar-refractivity contribution in [2.24, 2.45) is 5.10 Å². The maximum absolute atomic E-state index is 12.5. The van der Waals surface area contributed by atoms with E-state index in [-0.39, 0.29) is 24.5 Å². The average molecular weight is 437 g/mol. The summed E-state index contributed by atoms with van der Waals surface area (Å²) in [5.41, 5.74) is 5.31. The number of Topliss-reactive ketones (excluding diaryl/α,β-unsaturated/α-hetero) is 1. The van der Waals surface area contributed by atoms with Crippen LogP contribution in [0.1, 0.15) is 35.7 Å². The maximum atomic E-state index is 12.5. The highest BCUT2D eigenvalue weighted by atomic mass is 32.1. The van der Waals surface area contributed by atoms with Crippen LogP contribution in [0.4, 0.5) is 0 Å². The molecule has 2 aromatic carbocycles. The summed E-state index contributed by atoms with van der Waals surface area (Å²) in [7, 11) is 3.04. The summed E-state index contributed by atoms with van der Waals surface area (Å²) in [4.78, 5) is 24.8. The van der Waals surface area contributed by atoms with Gasteiger partial charge < -0.3 is 9.47 Å². The summed E-state index contributed by atoms with van der Waals surface area (Å²) in [6.45, 7) is 5.83. The molecule has 6 nitrogen and oxygen atoms in total. The Balaban J connectivity index is 1.66. The van der Waals surface area contributed by atoms with Crippen molar-refractivity contribution in [3.8, 4) is 11.5 Å². The van der Waals surface area contributed by atoms with Crippen LogP contribution in [0.3, 0.4) is 0 Å². The van der Waals surface area contributed by atoms with E-state index in [2.05, 4.69) is 17.1 Å². The molecule has 0 saturated carbocycles. The van der Waals surface area contributed by atoms with Crippen LogP contribution in [0, 0.1) is 0 Å². The fourth-order valence-electron chi connectivity index (χ4n) is 3.10. The lowest BCUT2D eigenvalue weighted by Gasteiger charge is -2.09. The molecule has 0 bridgehead atoms. The zero-order valence-corrected chi connectivity index (χ0v) is 18.5. The van der Waals surface area contributed by atoms with Crippen molar-refractivity contribution >= 4 is 38.8 Å². The maximum Gasteiger partial charge on any atom is 0.240 e. The van der Waals surface area contributed by atoms with Crippen LogP contribution in [0.25, 0.3) is 10.1 Å². The lowest BCUT2D eigenvalue weighted by molar-refractivity contribution is -0.121. The summed E-state index contributed by atoms with van der Waals surface area (Å²) < 4.78 is 11.5. The average Bonchev–Trinajstić information content (AvgIpc) is 3.20. The van der Waals surface area contributed by atoms with E-state index in [9.17, 15) is 9.59 Å². The van der Waals surface area contributed by atoms with E-state index in [1.807, 2.05) is 36.6 Å². The third kappa shape index (κ3) is 5.19. The Morgan fingerprint density at radius 3 is 2.52 bits per heavy atom. The van der Waals surface area contributed by atoms with Crippen molar-refractivity contribution in [2.75, 3.05) is 14.2 Å². The molecule has 160 valence electrons. The molecule has 0 fully saturated rings. The molecule has 0 aliphatic heterocycles. The Morgan fingerprint density at radius 1 is 1.06 bits per heavy atom. The van der Waals surface area contributed by atoms with Gasteiger partial charge in [0.2, 0.25) is 5.91 Å². The van der Waals surface area contributed by atoms with Crippen molar-refractivity contribution in [1.29, 1.82) is 0 Å². The van der Waals surface area contributed by atoms with Gasteiger partial charge in [-0.15, -0.1) is 11.3 Å². The molecule has 0 aliphatic rings. The van der Waals surface area contributed by atoms with Gasteiger partial charge in [0.1, 0.15) is 0 Å². The number of nitrogens with one attached hydrogen (secondary N) is 1. The number of carbonyl (C=O) groups is 2. The first-order chi connectivity index (χ1) is 14.9. The number of thiophene rings is 1. The summed E-state index contributed by atoms with van der Waals surface area (Å²) in [6, 6.07) is 12.9. The second-order valence-corrected chi connectivity index (χ2v) is 7.83. The van der Waals surface area contributed by atoms with Crippen LogP contribution in [-0.4, -0.2) is 31.6 Å². The predicted molar refractivity (Wildman–Crippen MR) is 124 cm³/mol. The number of carbonyl (C=O) groups excluding carboxylic acids is 2. The minimum atomic E-state index is -0.341. The van der Waals surface area contributed by atoms with Crippen molar-refractivity contribution in [2.45, 2.75) is 19.8 Å². The van der Waals surface area contributed by atoms with Crippen molar-refractivity contribution in [1.82, 2.24) is 5.43 Å². The third-order valence-electron chi connectivity index (χ3n) is 4.72. The van der Waals surface area contributed by atoms with Crippen molar-refractivity contribution in [3.05, 3.63) is 71.1 Å². The molecule has 0 radical (unpaired) electrons. The Kier molecular flexibility index (Phi) is 7.20. The van der Waals surface area contributed by atoms with Gasteiger partial charge in [-0.2, -0.15) is 5.10 Å². The van der Waals surface area contributed by atoms with Crippen LogP contribution >= 0.6 is 11.3 Å². The molecule has 1 amide bonds. The molecule has 1 aromatic heterocycles. The van der Waals surface area contributed by atoms with Gasteiger partial charge in [-0.1, -0.05) is 24.8 Å². The minimum absolute atomic E-state index is 0.0184. The van der Waals surface area contributed by atoms with Crippen LogP contribution in [-0.2, 0) is 4.79 Å². The van der Waals surface area contributed by atoms with Crippen LogP contribution in [0.15, 0.2) is 65.1 Å². The fourth-order valence-corrected chi connectivity index (χ4v) is 4.05. The topological polar surface area (TPSA) is 77.0 Å². The molecule has 1 N–H and O–H groups in total. The first kappa shape index (κ1) is 22.2. The van der Waals surface area contributed by atoms with Crippen LogP contribution in [0.5, 0.6) is 11.5 Å². The number of allylic oxidation sites excluding steroid dienone is 1. The largest absolute Gasteiger partial charge is 0.493 e. The summed E-state index contributed by atoms with van der Waals surface area (Å²) in [5.74, 6) is 0.507. The van der Waals surface area contributed by atoms with Gasteiger partial charge in [-0.05, 0) is 36.8 Å². The van der Waals surface area contributed by atoms with E-state index in [0.717, 1.165) is 21.2 Å². The lowest BCUT2D eigenvalue weighted by atomic mass is 10.0. The Labute approximate surface area is 185 Å². The number of hydrogen-bond acceptors (Lipinski definition) is 6. The van der Waals surface area contributed by atoms with Gasteiger partial charge in [-0.25, -0.2) is 5.43 Å². The number of amides is 1. The van der Waals surface area contributed by atoms with Gasteiger partial charge >= 0.3 is 0 Å². The minimum Gasteiger partial charge on any atom is -0.493 e. The van der Waals surface area contributed by atoms with Crippen molar-refractivity contribution in [3.63, 3.8) is 0 Å². The first-order valence-electron chi connectivity index (χ1n) is 9.68. The Morgan fingerprint density at radius 2 is 1.81 bits per heavy atom. The van der Waals surface area contributed by atoms with Crippen LogP contribution in [0.2, 0.25) is 0 Å². The van der Waals surface area contributed by atoms with Gasteiger partial charge in [0.25, 0.3) is 0 Å². The molecule has 7 heteroatoms. The zero-order valence-electron chi connectivity index (χ0n) is 17.7. The number of fused-ring (bicyclic) bond motifs is 1. The monoisotopic (exact) mass is 436 g/mol. The van der Waals surface area contributed by atoms with Gasteiger partial charge in [0, 0.05) is 39.4 Å². The smallest absolute Gasteiger partial charge is 0.240 e. The molecular formula is C24H24N2O4S. The molecule has 0 unspecified atom stereocenters. The molecule has 0 aliphatic carbocycles. The van der Waals surface area contributed by atoms with Crippen LogP contribution < -0.4 is 14.9 Å². The van der Waals surface area contributed by atoms with Gasteiger partial charge in [0.05, 0.1) is 19.9 Å². The first-order valence-corrected chi connectivity index (χ1v) is 10.6. The SMILES string of the molecule is C=C(C)/C(=N\NC(=O)CCC(=O)c1ccc(OC)c(OC)c1)c1csc2ccccc12. The molecule has 0 atom stereocenters. The Hall–Kier alpha value is -3.45. The highest BCUT2D eigenvalue weighted by molar-refractivity contribution is 7.17. The van der Waals surface area contributed by atoms with Crippen molar-refractivity contribution < 1.29 is 19.1 Å². The highest BCUT2D eigenvalue weighted by Gasteiger charge is 2.14. The van der Waals surface area contributed by atoms with Gasteiger partial charge in [0.15, 0.2) is 17.3 Å². The number of benzene rings is 2. The quantitative estimate of drug-likeness (QED) is 0.292. The van der Waals surface area contributed by atoms with E-state index in [1.54, 1.807) is 29.5 Å². The summed E-state index contributed by atoms with van der Waals surface area (Å²) >= 11 is 1.61. The highest BCUT2D eigenvalue weighted by Crippen LogP contribution is 2.29. The second kappa shape index (κ2) is 10.0. The summed E-state index contributed by atoms with van der Waals surface area (Å²) in [6.07, 6.45) is 0.0746. The van der Waals surface area contributed by atoms with E-state index in [1.165, 1.54) is 14.2 Å². The fraction of sp³-hybridized carbons (Fsp3) is 0.208. The van der Waals surface area contributed by atoms with E-state index >= 15 is 0 Å².